The molecule has 0 aromatic heterocycles. The number of halogens is 1. The fraction of sp³-hybridized carbons (Fsp3) is 0.263. The van der Waals surface area contributed by atoms with Crippen molar-refractivity contribution < 1.29 is 14.0 Å². The molecule has 124 valence electrons. The van der Waals surface area contributed by atoms with Crippen LogP contribution in [0.4, 0.5) is 10.1 Å². The van der Waals surface area contributed by atoms with Gasteiger partial charge in [0.25, 0.3) is 5.91 Å². The van der Waals surface area contributed by atoms with Crippen LogP contribution in [0, 0.1) is 19.7 Å². The highest BCUT2D eigenvalue weighted by molar-refractivity contribution is 6.03. The maximum Gasteiger partial charge on any atom is 0.251 e. The predicted octanol–water partition coefficient (Wildman–Crippen LogP) is 2.98. The lowest BCUT2D eigenvalue weighted by atomic mass is 10.1. The monoisotopic (exact) mass is 326 g/mol. The first-order valence-electron chi connectivity index (χ1n) is 7.91. The predicted molar refractivity (Wildman–Crippen MR) is 90.5 cm³/mol. The number of nitrogens with one attached hydrogen (secondary N) is 1. The van der Waals surface area contributed by atoms with Crippen molar-refractivity contribution in [2.24, 2.45) is 0 Å². The van der Waals surface area contributed by atoms with Crippen molar-refractivity contribution in [1.29, 1.82) is 0 Å². The van der Waals surface area contributed by atoms with Crippen LogP contribution in [0.15, 0.2) is 42.5 Å². The number of benzene rings is 2. The number of anilines is 1. The van der Waals surface area contributed by atoms with E-state index in [9.17, 15) is 14.0 Å². The largest absolute Gasteiger partial charge is 0.340 e. The van der Waals surface area contributed by atoms with Crippen LogP contribution in [0.5, 0.6) is 0 Å². The second kappa shape index (κ2) is 6.43. The van der Waals surface area contributed by atoms with E-state index in [1.165, 1.54) is 29.8 Å². The average molecular weight is 326 g/mol. The Kier molecular flexibility index (Phi) is 4.34. The minimum absolute atomic E-state index is 0.117. The van der Waals surface area contributed by atoms with E-state index in [1.807, 2.05) is 32.0 Å². The van der Waals surface area contributed by atoms with Crippen molar-refractivity contribution in [3.63, 3.8) is 0 Å². The standard InChI is InChI=1S/C19H19FN2O2/c1-12-3-8-16(11-13(12)2)22-10-9-17(19(22)24)21-18(23)14-4-6-15(20)7-5-14/h3-8,11,17H,9-10H2,1-2H3,(H,21,23). The summed E-state index contributed by atoms with van der Waals surface area (Å²) in [5.41, 5.74) is 3.49. The smallest absolute Gasteiger partial charge is 0.251 e. The van der Waals surface area contributed by atoms with Gasteiger partial charge < -0.3 is 10.2 Å². The summed E-state index contributed by atoms with van der Waals surface area (Å²) in [5, 5.41) is 2.74. The zero-order valence-electron chi connectivity index (χ0n) is 13.7. The van der Waals surface area contributed by atoms with Gasteiger partial charge in [0, 0.05) is 17.8 Å². The molecule has 1 unspecified atom stereocenters. The molecule has 24 heavy (non-hydrogen) atoms. The maximum atomic E-state index is 12.9. The van der Waals surface area contributed by atoms with Crippen LogP contribution in [0.2, 0.25) is 0 Å². The van der Waals surface area contributed by atoms with E-state index in [0.717, 1.165) is 11.3 Å². The quantitative estimate of drug-likeness (QED) is 0.943. The topological polar surface area (TPSA) is 49.4 Å². The molecule has 0 saturated carbocycles. The second-order valence-corrected chi connectivity index (χ2v) is 6.08. The number of nitrogens with zero attached hydrogens (tertiary/aromatic N) is 1. The average Bonchev–Trinajstić information content (AvgIpc) is 2.91. The Hall–Kier alpha value is -2.69. The minimum atomic E-state index is -0.552. The molecule has 2 aromatic carbocycles. The third-order valence-electron chi connectivity index (χ3n) is 4.42. The van der Waals surface area contributed by atoms with Gasteiger partial charge in [-0.05, 0) is 67.8 Å². The van der Waals surface area contributed by atoms with Gasteiger partial charge in [-0.3, -0.25) is 9.59 Å². The SMILES string of the molecule is Cc1ccc(N2CCC(NC(=O)c3ccc(F)cc3)C2=O)cc1C. The Labute approximate surface area is 140 Å². The third kappa shape index (κ3) is 3.15. The third-order valence-corrected chi connectivity index (χ3v) is 4.42. The minimum Gasteiger partial charge on any atom is -0.340 e. The van der Waals surface area contributed by atoms with Gasteiger partial charge >= 0.3 is 0 Å². The second-order valence-electron chi connectivity index (χ2n) is 6.08. The molecule has 1 atom stereocenters. The van der Waals surface area contributed by atoms with E-state index in [-0.39, 0.29) is 11.8 Å². The molecule has 1 aliphatic rings. The lowest BCUT2D eigenvalue weighted by molar-refractivity contribution is -0.118. The summed E-state index contributed by atoms with van der Waals surface area (Å²) in [6, 6.07) is 10.6. The highest BCUT2D eigenvalue weighted by Crippen LogP contribution is 2.24. The summed E-state index contributed by atoms with van der Waals surface area (Å²) < 4.78 is 12.9. The highest BCUT2D eigenvalue weighted by atomic mass is 19.1. The first-order valence-corrected chi connectivity index (χ1v) is 7.91. The van der Waals surface area contributed by atoms with Crippen LogP contribution in [-0.4, -0.2) is 24.4 Å². The number of amides is 2. The molecule has 1 heterocycles. The Morgan fingerprint density at radius 1 is 1.12 bits per heavy atom. The highest BCUT2D eigenvalue weighted by Gasteiger charge is 2.33. The van der Waals surface area contributed by atoms with Crippen LogP contribution in [0.3, 0.4) is 0 Å². The van der Waals surface area contributed by atoms with Crippen molar-refractivity contribution in [1.82, 2.24) is 5.32 Å². The number of aryl methyl sites for hydroxylation is 2. The summed E-state index contributed by atoms with van der Waals surface area (Å²) in [6.07, 6.45) is 0.554. The molecule has 0 radical (unpaired) electrons. The molecular weight excluding hydrogens is 307 g/mol. The number of hydrogen-bond acceptors (Lipinski definition) is 2. The van der Waals surface area contributed by atoms with Crippen LogP contribution in [0.25, 0.3) is 0 Å². The van der Waals surface area contributed by atoms with E-state index in [1.54, 1.807) is 4.90 Å². The lowest BCUT2D eigenvalue weighted by Crippen LogP contribution is -2.41. The molecule has 5 heteroatoms. The number of carbonyl (C=O) groups is 2. The van der Waals surface area contributed by atoms with Crippen molar-refractivity contribution in [3.8, 4) is 0 Å². The van der Waals surface area contributed by atoms with Gasteiger partial charge in [-0.1, -0.05) is 6.07 Å². The van der Waals surface area contributed by atoms with Gasteiger partial charge in [0.1, 0.15) is 11.9 Å². The van der Waals surface area contributed by atoms with Gasteiger partial charge in [0.15, 0.2) is 0 Å². The molecule has 2 aromatic rings. The van der Waals surface area contributed by atoms with Crippen molar-refractivity contribution in [2.45, 2.75) is 26.3 Å². The summed E-state index contributed by atoms with van der Waals surface area (Å²) in [6.45, 7) is 4.60. The number of carbonyl (C=O) groups excluding carboxylic acids is 2. The zero-order valence-corrected chi connectivity index (χ0v) is 13.7. The Morgan fingerprint density at radius 2 is 1.83 bits per heavy atom. The van der Waals surface area contributed by atoms with E-state index in [0.29, 0.717) is 18.5 Å². The zero-order chi connectivity index (χ0) is 17.3. The van der Waals surface area contributed by atoms with Gasteiger partial charge in [-0.25, -0.2) is 4.39 Å². The van der Waals surface area contributed by atoms with Crippen LogP contribution < -0.4 is 10.2 Å². The lowest BCUT2D eigenvalue weighted by Gasteiger charge is -2.18. The summed E-state index contributed by atoms with van der Waals surface area (Å²) >= 11 is 0. The molecule has 4 nitrogen and oxygen atoms in total. The summed E-state index contributed by atoms with van der Waals surface area (Å²) in [4.78, 5) is 26.5. The molecule has 1 aliphatic heterocycles. The molecule has 1 N–H and O–H groups in total. The number of hydrogen-bond donors (Lipinski definition) is 1. The summed E-state index contributed by atoms with van der Waals surface area (Å²) in [7, 11) is 0. The first kappa shape index (κ1) is 16.2. The van der Waals surface area contributed by atoms with Crippen LogP contribution in [-0.2, 0) is 4.79 Å². The van der Waals surface area contributed by atoms with Crippen molar-refractivity contribution in [3.05, 3.63) is 65.0 Å². The van der Waals surface area contributed by atoms with E-state index in [4.69, 9.17) is 0 Å². The Balaban J connectivity index is 1.70. The first-order chi connectivity index (χ1) is 11.5. The van der Waals surface area contributed by atoms with Gasteiger partial charge in [0.05, 0.1) is 0 Å². The normalized spacial score (nSPS) is 17.2. The molecule has 3 rings (SSSR count). The van der Waals surface area contributed by atoms with E-state index in [2.05, 4.69) is 5.32 Å². The Bertz CT molecular complexity index is 786. The van der Waals surface area contributed by atoms with Crippen molar-refractivity contribution in [2.75, 3.05) is 11.4 Å². The van der Waals surface area contributed by atoms with E-state index >= 15 is 0 Å². The molecular formula is C19H19FN2O2. The van der Waals surface area contributed by atoms with Crippen LogP contribution in [0.1, 0.15) is 27.9 Å². The molecule has 2 amide bonds. The Morgan fingerprint density at radius 3 is 2.50 bits per heavy atom. The molecule has 0 aliphatic carbocycles. The molecule has 1 fully saturated rings. The van der Waals surface area contributed by atoms with Gasteiger partial charge in [-0.15, -0.1) is 0 Å². The fourth-order valence-electron chi connectivity index (χ4n) is 2.81. The fourth-order valence-corrected chi connectivity index (χ4v) is 2.81. The summed E-state index contributed by atoms with van der Waals surface area (Å²) in [5.74, 6) is -0.881. The van der Waals surface area contributed by atoms with Gasteiger partial charge in [-0.2, -0.15) is 0 Å². The van der Waals surface area contributed by atoms with Gasteiger partial charge in [0.2, 0.25) is 5.91 Å². The number of rotatable bonds is 3. The van der Waals surface area contributed by atoms with Crippen LogP contribution >= 0.6 is 0 Å². The maximum absolute atomic E-state index is 12.9. The molecule has 1 saturated heterocycles. The molecule has 0 bridgehead atoms. The van der Waals surface area contributed by atoms with Crippen molar-refractivity contribution >= 4 is 17.5 Å². The van der Waals surface area contributed by atoms with E-state index < -0.39 is 11.9 Å². The molecule has 0 spiro atoms.